The maximum Gasteiger partial charge on any atom is 0.240 e. The number of carbonyl (C=O) groups is 2. The molecule has 6 heteroatoms. The van der Waals surface area contributed by atoms with E-state index in [2.05, 4.69) is 15.6 Å². The van der Waals surface area contributed by atoms with Gasteiger partial charge < -0.3 is 10.6 Å². The zero-order valence-electron chi connectivity index (χ0n) is 13.9. The highest BCUT2D eigenvalue weighted by molar-refractivity contribution is 8.15. The summed E-state index contributed by atoms with van der Waals surface area (Å²) in [4.78, 5) is 28.6. The van der Waals surface area contributed by atoms with Gasteiger partial charge in [-0.3, -0.25) is 14.6 Å². The summed E-state index contributed by atoms with van der Waals surface area (Å²) in [5, 5.41) is 5.69. The van der Waals surface area contributed by atoms with Crippen molar-refractivity contribution in [3.63, 3.8) is 0 Å². The van der Waals surface area contributed by atoms with Crippen LogP contribution >= 0.6 is 11.8 Å². The first kappa shape index (κ1) is 17.2. The molecule has 3 rings (SSSR count). The Morgan fingerprint density at radius 1 is 1.16 bits per heavy atom. The molecule has 2 amide bonds. The number of nitrogens with zero attached hydrogens (tertiary/aromatic N) is 1. The van der Waals surface area contributed by atoms with Crippen molar-refractivity contribution < 1.29 is 9.59 Å². The van der Waals surface area contributed by atoms with Crippen molar-refractivity contribution in [1.29, 1.82) is 0 Å². The van der Waals surface area contributed by atoms with Gasteiger partial charge in [-0.15, -0.1) is 0 Å². The van der Waals surface area contributed by atoms with Crippen LogP contribution in [0.4, 0.5) is 5.69 Å². The van der Waals surface area contributed by atoms with Gasteiger partial charge in [0.15, 0.2) is 5.17 Å². The number of nitrogens with one attached hydrogen (secondary N) is 2. The number of amidine groups is 1. The molecule has 25 heavy (non-hydrogen) atoms. The van der Waals surface area contributed by atoms with Gasteiger partial charge in [0.1, 0.15) is 5.25 Å². The van der Waals surface area contributed by atoms with Crippen molar-refractivity contribution in [3.05, 3.63) is 65.7 Å². The molecule has 1 aliphatic rings. The molecule has 0 aromatic heterocycles. The average Bonchev–Trinajstić information content (AvgIpc) is 2.96. The summed E-state index contributed by atoms with van der Waals surface area (Å²) in [6.45, 7) is 2.49. The molecule has 1 atom stereocenters. The summed E-state index contributed by atoms with van der Waals surface area (Å²) in [7, 11) is 0. The molecule has 0 radical (unpaired) electrons. The molecule has 0 aliphatic carbocycles. The van der Waals surface area contributed by atoms with Crippen LogP contribution in [-0.2, 0) is 16.1 Å². The monoisotopic (exact) mass is 353 g/mol. The Balaban J connectivity index is 1.53. The van der Waals surface area contributed by atoms with E-state index in [0.29, 0.717) is 11.7 Å². The average molecular weight is 353 g/mol. The third kappa shape index (κ3) is 4.93. The van der Waals surface area contributed by atoms with Crippen molar-refractivity contribution in [2.75, 3.05) is 5.32 Å². The van der Waals surface area contributed by atoms with E-state index in [4.69, 9.17) is 0 Å². The van der Waals surface area contributed by atoms with Gasteiger partial charge in [0, 0.05) is 12.1 Å². The van der Waals surface area contributed by atoms with E-state index in [-0.39, 0.29) is 18.2 Å². The maximum absolute atomic E-state index is 12.1. The third-order valence-corrected chi connectivity index (χ3v) is 4.85. The van der Waals surface area contributed by atoms with Crippen LogP contribution in [-0.4, -0.2) is 22.2 Å². The SMILES string of the molecule is Cc1ccc(NC(=O)C[C@H]2SC(=NCc3ccccc3)NC2=O)cc1. The van der Waals surface area contributed by atoms with Crippen molar-refractivity contribution in [1.82, 2.24) is 5.32 Å². The van der Waals surface area contributed by atoms with Gasteiger partial charge in [0.2, 0.25) is 11.8 Å². The molecular weight excluding hydrogens is 334 g/mol. The zero-order valence-corrected chi connectivity index (χ0v) is 14.7. The summed E-state index contributed by atoms with van der Waals surface area (Å²) < 4.78 is 0. The maximum atomic E-state index is 12.1. The van der Waals surface area contributed by atoms with E-state index in [1.165, 1.54) is 11.8 Å². The quantitative estimate of drug-likeness (QED) is 0.868. The third-order valence-electron chi connectivity index (χ3n) is 3.73. The lowest BCUT2D eigenvalue weighted by molar-refractivity contribution is -0.122. The second-order valence-corrected chi connectivity index (χ2v) is 7.01. The van der Waals surface area contributed by atoms with Crippen LogP contribution in [0.2, 0.25) is 0 Å². The number of hydrogen-bond donors (Lipinski definition) is 2. The first-order chi connectivity index (χ1) is 12.1. The Bertz CT molecular complexity index is 788. The Kier molecular flexibility index (Phi) is 5.50. The predicted octanol–water partition coefficient (Wildman–Crippen LogP) is 3.11. The topological polar surface area (TPSA) is 70.6 Å². The second kappa shape index (κ2) is 7.98. The molecule has 0 saturated carbocycles. The van der Waals surface area contributed by atoms with E-state index >= 15 is 0 Å². The van der Waals surface area contributed by atoms with Crippen LogP contribution in [0.1, 0.15) is 17.5 Å². The van der Waals surface area contributed by atoms with Gasteiger partial charge in [0.05, 0.1) is 6.54 Å². The Morgan fingerprint density at radius 2 is 1.88 bits per heavy atom. The van der Waals surface area contributed by atoms with E-state index < -0.39 is 5.25 Å². The number of aliphatic imine (C=N–C) groups is 1. The molecule has 0 spiro atoms. The number of anilines is 1. The normalized spacial score (nSPS) is 18.2. The summed E-state index contributed by atoms with van der Waals surface area (Å²) in [6.07, 6.45) is 0.120. The number of amides is 2. The van der Waals surface area contributed by atoms with E-state index in [0.717, 1.165) is 16.8 Å². The molecule has 5 nitrogen and oxygen atoms in total. The van der Waals surface area contributed by atoms with Gasteiger partial charge in [-0.1, -0.05) is 59.8 Å². The summed E-state index contributed by atoms with van der Waals surface area (Å²) in [5.41, 5.74) is 2.94. The first-order valence-electron chi connectivity index (χ1n) is 8.02. The van der Waals surface area contributed by atoms with E-state index in [1.54, 1.807) is 0 Å². The number of carbonyl (C=O) groups excluding carboxylic acids is 2. The lowest BCUT2D eigenvalue weighted by Crippen LogP contribution is -2.28. The van der Waals surface area contributed by atoms with Crippen molar-refractivity contribution in [3.8, 4) is 0 Å². The highest BCUT2D eigenvalue weighted by atomic mass is 32.2. The van der Waals surface area contributed by atoms with Gasteiger partial charge in [0.25, 0.3) is 0 Å². The molecule has 2 aromatic carbocycles. The van der Waals surface area contributed by atoms with Gasteiger partial charge in [-0.05, 0) is 24.6 Å². The number of thioether (sulfide) groups is 1. The van der Waals surface area contributed by atoms with Crippen molar-refractivity contribution in [2.24, 2.45) is 4.99 Å². The van der Waals surface area contributed by atoms with Crippen LogP contribution in [0.3, 0.4) is 0 Å². The Hall–Kier alpha value is -2.60. The minimum absolute atomic E-state index is 0.120. The Labute approximate surface area is 150 Å². The summed E-state index contributed by atoms with van der Waals surface area (Å²) >= 11 is 1.31. The van der Waals surface area contributed by atoms with Gasteiger partial charge in [-0.2, -0.15) is 0 Å². The van der Waals surface area contributed by atoms with Gasteiger partial charge >= 0.3 is 0 Å². The lowest BCUT2D eigenvalue weighted by atomic mass is 10.2. The van der Waals surface area contributed by atoms with E-state index in [9.17, 15) is 9.59 Å². The molecule has 1 fully saturated rings. The molecule has 1 aliphatic heterocycles. The fourth-order valence-electron chi connectivity index (χ4n) is 2.38. The minimum Gasteiger partial charge on any atom is -0.326 e. The molecule has 128 valence electrons. The molecule has 0 bridgehead atoms. The molecular formula is C19H19N3O2S. The zero-order chi connectivity index (χ0) is 17.6. The first-order valence-corrected chi connectivity index (χ1v) is 8.90. The summed E-state index contributed by atoms with van der Waals surface area (Å²) in [5.74, 6) is -0.350. The van der Waals surface area contributed by atoms with Crippen molar-refractivity contribution >= 4 is 34.4 Å². The minimum atomic E-state index is -0.444. The molecule has 2 aromatic rings. The van der Waals surface area contributed by atoms with Crippen LogP contribution in [0.15, 0.2) is 59.6 Å². The number of benzene rings is 2. The number of hydrogen-bond acceptors (Lipinski definition) is 4. The molecule has 1 heterocycles. The Morgan fingerprint density at radius 3 is 2.60 bits per heavy atom. The summed E-state index contributed by atoms with van der Waals surface area (Å²) in [6, 6.07) is 17.4. The molecule has 0 unspecified atom stereocenters. The van der Waals surface area contributed by atoms with Crippen LogP contribution in [0, 0.1) is 6.92 Å². The predicted molar refractivity (Wildman–Crippen MR) is 102 cm³/mol. The van der Waals surface area contributed by atoms with E-state index in [1.807, 2.05) is 61.5 Å². The smallest absolute Gasteiger partial charge is 0.240 e. The largest absolute Gasteiger partial charge is 0.326 e. The second-order valence-electron chi connectivity index (χ2n) is 5.82. The van der Waals surface area contributed by atoms with Gasteiger partial charge in [-0.25, -0.2) is 0 Å². The standard InChI is InChI=1S/C19H19N3O2S/c1-13-7-9-15(10-8-13)21-17(23)11-16-18(24)22-19(25-16)20-12-14-5-3-2-4-6-14/h2-10,16H,11-12H2,1H3,(H,21,23)(H,20,22,24)/t16-/m1/s1. The van der Waals surface area contributed by atoms with Crippen LogP contribution in [0.5, 0.6) is 0 Å². The number of aryl methyl sites for hydroxylation is 1. The van der Waals surface area contributed by atoms with Crippen LogP contribution < -0.4 is 10.6 Å². The highest BCUT2D eigenvalue weighted by Gasteiger charge is 2.31. The fourth-order valence-corrected chi connectivity index (χ4v) is 3.35. The molecule has 1 saturated heterocycles. The number of rotatable bonds is 5. The lowest BCUT2D eigenvalue weighted by Gasteiger charge is -2.07. The molecule has 2 N–H and O–H groups in total. The highest BCUT2D eigenvalue weighted by Crippen LogP contribution is 2.23. The fraction of sp³-hybridized carbons (Fsp3) is 0.211. The van der Waals surface area contributed by atoms with Crippen molar-refractivity contribution in [2.45, 2.75) is 25.1 Å². The van der Waals surface area contributed by atoms with Crippen LogP contribution in [0.25, 0.3) is 0 Å².